The van der Waals surface area contributed by atoms with E-state index in [1.807, 2.05) is 24.3 Å². The van der Waals surface area contributed by atoms with Crippen LogP contribution in [0.4, 0.5) is 4.39 Å². The average molecular weight is 519 g/mol. The van der Waals surface area contributed by atoms with Gasteiger partial charge in [-0.05, 0) is 78.1 Å². The van der Waals surface area contributed by atoms with Crippen molar-refractivity contribution < 1.29 is 12.8 Å². The predicted octanol–water partition coefficient (Wildman–Crippen LogP) is 7.00. The Morgan fingerprint density at radius 3 is 2.24 bits per heavy atom. The van der Waals surface area contributed by atoms with Gasteiger partial charge in [0.2, 0.25) is 10.0 Å². The Kier molecular flexibility index (Phi) is 6.75. The fourth-order valence-corrected chi connectivity index (χ4v) is 7.13. The van der Waals surface area contributed by atoms with Crippen LogP contribution in [0.25, 0.3) is 10.9 Å². The quantitative estimate of drug-likeness (QED) is 0.285. The summed E-state index contributed by atoms with van der Waals surface area (Å²) in [7, 11) is -3.53. The summed E-state index contributed by atoms with van der Waals surface area (Å²) in [5, 5.41) is 1.20. The van der Waals surface area contributed by atoms with Crippen molar-refractivity contribution in [2.45, 2.75) is 63.3 Å². The largest absolute Gasteiger partial charge is 0.340 e. The Balaban J connectivity index is 1.39. The minimum absolute atomic E-state index is 0.0215. The molecular formula is C31H35FN2O2S. The van der Waals surface area contributed by atoms with Gasteiger partial charge < -0.3 is 4.57 Å². The summed E-state index contributed by atoms with van der Waals surface area (Å²) in [5.74, 6) is 0.0434. The molecule has 5 rings (SSSR count). The van der Waals surface area contributed by atoms with Gasteiger partial charge in [-0.1, -0.05) is 63.2 Å². The van der Waals surface area contributed by atoms with Crippen molar-refractivity contribution in [2.75, 3.05) is 13.1 Å². The monoisotopic (exact) mass is 518 g/mol. The lowest BCUT2D eigenvalue weighted by Gasteiger charge is -2.32. The third-order valence-electron chi connectivity index (χ3n) is 7.73. The van der Waals surface area contributed by atoms with Crippen molar-refractivity contribution in [3.63, 3.8) is 0 Å². The van der Waals surface area contributed by atoms with Crippen molar-refractivity contribution in [3.05, 3.63) is 101 Å². The highest BCUT2D eigenvalue weighted by Crippen LogP contribution is 2.39. The van der Waals surface area contributed by atoms with E-state index in [0.717, 1.165) is 29.5 Å². The molecule has 1 aromatic heterocycles. The molecule has 3 aromatic carbocycles. The average Bonchev–Trinajstić information content (AvgIpc) is 3.15. The fraction of sp³-hybridized carbons (Fsp3) is 0.355. The van der Waals surface area contributed by atoms with E-state index in [2.05, 4.69) is 50.5 Å². The Morgan fingerprint density at radius 2 is 1.59 bits per heavy atom. The molecular weight excluding hydrogens is 483 g/mol. The Morgan fingerprint density at radius 1 is 0.919 bits per heavy atom. The lowest BCUT2D eigenvalue weighted by molar-refractivity contribution is 0.319. The predicted molar refractivity (Wildman–Crippen MR) is 148 cm³/mol. The van der Waals surface area contributed by atoms with Crippen molar-refractivity contribution >= 4 is 20.9 Å². The molecule has 0 saturated carbocycles. The molecule has 0 unspecified atom stereocenters. The normalized spacial score (nSPS) is 15.9. The first kappa shape index (κ1) is 25.7. The summed E-state index contributed by atoms with van der Waals surface area (Å²) < 4.78 is 44.5. The molecule has 0 bridgehead atoms. The van der Waals surface area contributed by atoms with Gasteiger partial charge in [-0.2, -0.15) is 4.31 Å². The molecule has 6 heteroatoms. The van der Waals surface area contributed by atoms with Gasteiger partial charge in [0.15, 0.2) is 0 Å². The molecule has 0 amide bonds. The second kappa shape index (κ2) is 9.73. The van der Waals surface area contributed by atoms with E-state index in [-0.39, 0.29) is 17.2 Å². The molecule has 0 aliphatic carbocycles. The number of hydrogen-bond donors (Lipinski definition) is 0. The van der Waals surface area contributed by atoms with Crippen molar-refractivity contribution in [3.8, 4) is 0 Å². The fourth-order valence-electron chi connectivity index (χ4n) is 5.66. The zero-order chi connectivity index (χ0) is 26.4. The highest BCUT2D eigenvalue weighted by atomic mass is 32.2. The first-order valence-electron chi connectivity index (χ1n) is 13.0. The van der Waals surface area contributed by atoms with E-state index in [1.165, 1.54) is 22.7 Å². The van der Waals surface area contributed by atoms with Gasteiger partial charge in [0.05, 0.1) is 4.90 Å². The van der Waals surface area contributed by atoms with Crippen LogP contribution >= 0.6 is 0 Å². The molecule has 0 radical (unpaired) electrons. The molecule has 4 aromatic rings. The first-order chi connectivity index (χ1) is 17.6. The molecule has 1 aliphatic heterocycles. The lowest BCUT2D eigenvalue weighted by Crippen LogP contribution is -2.38. The van der Waals surface area contributed by atoms with Gasteiger partial charge >= 0.3 is 0 Å². The molecule has 0 atom stereocenters. The van der Waals surface area contributed by atoms with Crippen LogP contribution < -0.4 is 0 Å². The van der Waals surface area contributed by atoms with Crippen LogP contribution in [-0.2, 0) is 22.0 Å². The number of piperidine rings is 1. The molecule has 1 saturated heterocycles. The van der Waals surface area contributed by atoms with Crippen LogP contribution in [0.2, 0.25) is 0 Å². The Labute approximate surface area is 219 Å². The van der Waals surface area contributed by atoms with Gasteiger partial charge in [0.25, 0.3) is 0 Å². The molecule has 4 nitrogen and oxygen atoms in total. The maximum Gasteiger partial charge on any atom is 0.243 e. The van der Waals surface area contributed by atoms with Crippen LogP contribution in [0.5, 0.6) is 0 Å². The number of rotatable bonds is 5. The van der Waals surface area contributed by atoms with Crippen LogP contribution in [-0.4, -0.2) is 30.4 Å². The number of aromatic nitrogens is 1. The molecule has 1 aliphatic rings. The summed E-state index contributed by atoms with van der Waals surface area (Å²) >= 11 is 0. The third-order valence-corrected chi connectivity index (χ3v) is 9.64. The van der Waals surface area contributed by atoms with E-state index < -0.39 is 10.0 Å². The summed E-state index contributed by atoms with van der Waals surface area (Å²) in [6.07, 6.45) is 1.54. The smallest absolute Gasteiger partial charge is 0.243 e. The first-order valence-corrected chi connectivity index (χ1v) is 14.4. The lowest BCUT2D eigenvalue weighted by atomic mass is 9.87. The van der Waals surface area contributed by atoms with Crippen LogP contribution in [0, 0.1) is 12.7 Å². The van der Waals surface area contributed by atoms with Crippen LogP contribution in [0.3, 0.4) is 0 Å². The maximum atomic E-state index is 13.8. The number of nitrogens with zero attached hydrogens (tertiary/aromatic N) is 2. The zero-order valence-electron chi connectivity index (χ0n) is 22.0. The number of sulfonamides is 1. The Hall–Kier alpha value is -2.96. The SMILES string of the molecule is Cc1c(C2CCN(S(=O)(=O)c3ccc(C(C)(C)C)cc3)CC2)c2ccccc2n1Cc1cccc(F)c1. The summed E-state index contributed by atoms with van der Waals surface area (Å²) in [4.78, 5) is 0.363. The third kappa shape index (κ3) is 4.97. The van der Waals surface area contributed by atoms with Gasteiger partial charge in [-0.3, -0.25) is 0 Å². The second-order valence-electron chi connectivity index (χ2n) is 11.2. The van der Waals surface area contributed by atoms with Crippen molar-refractivity contribution in [1.29, 1.82) is 0 Å². The summed E-state index contributed by atoms with van der Waals surface area (Å²) in [5.41, 5.74) is 5.62. The minimum atomic E-state index is -3.53. The second-order valence-corrected chi connectivity index (χ2v) is 13.1. The minimum Gasteiger partial charge on any atom is -0.340 e. The van der Waals surface area contributed by atoms with E-state index in [9.17, 15) is 12.8 Å². The van der Waals surface area contributed by atoms with E-state index in [1.54, 1.807) is 28.6 Å². The van der Waals surface area contributed by atoms with Gasteiger partial charge in [0.1, 0.15) is 5.82 Å². The van der Waals surface area contributed by atoms with E-state index in [0.29, 0.717) is 24.5 Å². The molecule has 194 valence electrons. The number of fused-ring (bicyclic) bond motifs is 1. The number of para-hydroxylation sites is 1. The zero-order valence-corrected chi connectivity index (χ0v) is 22.9. The molecule has 0 N–H and O–H groups in total. The molecule has 2 heterocycles. The maximum absolute atomic E-state index is 13.8. The van der Waals surface area contributed by atoms with Crippen molar-refractivity contribution in [2.24, 2.45) is 0 Å². The van der Waals surface area contributed by atoms with Crippen molar-refractivity contribution in [1.82, 2.24) is 8.87 Å². The highest BCUT2D eigenvalue weighted by Gasteiger charge is 2.32. The summed E-state index contributed by atoms with van der Waals surface area (Å²) in [6, 6.07) is 22.5. The van der Waals surface area contributed by atoms with Gasteiger partial charge in [0, 0.05) is 36.2 Å². The van der Waals surface area contributed by atoms with E-state index >= 15 is 0 Å². The van der Waals surface area contributed by atoms with Crippen LogP contribution in [0.15, 0.2) is 77.7 Å². The number of hydrogen-bond acceptors (Lipinski definition) is 2. The van der Waals surface area contributed by atoms with Crippen LogP contribution in [0.1, 0.15) is 61.9 Å². The molecule has 1 fully saturated rings. The number of benzene rings is 3. The standard InChI is InChI=1S/C31H35FN2O2S/c1-22-30(28-10-5-6-11-29(28)34(22)21-23-8-7-9-26(32)20-23)24-16-18-33(19-17-24)37(35,36)27-14-12-25(13-15-27)31(2,3)4/h5-15,20,24H,16-19,21H2,1-4H3. The molecule has 37 heavy (non-hydrogen) atoms. The van der Waals surface area contributed by atoms with Gasteiger partial charge in [-0.25, -0.2) is 12.8 Å². The highest BCUT2D eigenvalue weighted by molar-refractivity contribution is 7.89. The Bertz CT molecular complexity index is 1520. The molecule has 0 spiro atoms. The topological polar surface area (TPSA) is 42.3 Å². The van der Waals surface area contributed by atoms with E-state index in [4.69, 9.17) is 0 Å². The van der Waals surface area contributed by atoms with Gasteiger partial charge in [-0.15, -0.1) is 0 Å². The number of halogens is 1. The summed E-state index contributed by atoms with van der Waals surface area (Å²) in [6.45, 7) is 10.1.